The zero-order valence-corrected chi connectivity index (χ0v) is 10.8. The minimum Gasteiger partial charge on any atom is -0.361 e. The van der Waals surface area contributed by atoms with Gasteiger partial charge in [-0.2, -0.15) is 0 Å². The monoisotopic (exact) mass is 255 g/mol. The van der Waals surface area contributed by atoms with Gasteiger partial charge in [0.1, 0.15) is 5.82 Å². The summed E-state index contributed by atoms with van der Waals surface area (Å²) in [5, 5.41) is 4.22. The summed E-state index contributed by atoms with van der Waals surface area (Å²) in [5.74, 6) is 0.915. The number of carbonyl (C=O) groups is 1. The van der Waals surface area contributed by atoms with E-state index in [-0.39, 0.29) is 5.91 Å². The number of anilines is 1. The van der Waals surface area contributed by atoms with Gasteiger partial charge in [0.25, 0.3) is 0 Å². The zero-order chi connectivity index (χ0) is 13.1. The summed E-state index contributed by atoms with van der Waals surface area (Å²) in [6.07, 6.45) is 2.25. The van der Waals surface area contributed by atoms with Crippen LogP contribution in [-0.2, 0) is 4.79 Å². The van der Waals surface area contributed by atoms with Crippen molar-refractivity contribution < 1.29 is 4.79 Å². The first kappa shape index (κ1) is 12.0. The van der Waals surface area contributed by atoms with Crippen molar-refractivity contribution in [2.45, 2.75) is 12.8 Å². The third-order valence-electron chi connectivity index (χ3n) is 3.48. The van der Waals surface area contributed by atoms with Crippen LogP contribution in [0.25, 0.3) is 10.9 Å². The molecule has 0 aliphatic carbocycles. The van der Waals surface area contributed by atoms with Crippen molar-refractivity contribution in [3.8, 4) is 0 Å². The quantitative estimate of drug-likeness (QED) is 0.915. The predicted molar refractivity (Wildman–Crippen MR) is 76.0 cm³/mol. The van der Waals surface area contributed by atoms with Crippen molar-refractivity contribution in [1.29, 1.82) is 0 Å². The van der Waals surface area contributed by atoms with E-state index in [1.54, 1.807) is 0 Å². The Hall–Kier alpha value is -2.10. The van der Waals surface area contributed by atoms with Gasteiger partial charge in [-0.25, -0.2) is 4.98 Å². The summed E-state index contributed by atoms with van der Waals surface area (Å²) in [4.78, 5) is 18.3. The second-order valence-corrected chi connectivity index (χ2v) is 4.83. The lowest BCUT2D eigenvalue weighted by Gasteiger charge is -2.15. The first-order valence-corrected chi connectivity index (χ1v) is 6.70. The van der Waals surface area contributed by atoms with Gasteiger partial charge in [-0.05, 0) is 31.0 Å². The molecule has 98 valence electrons. The van der Waals surface area contributed by atoms with E-state index in [0.717, 1.165) is 42.7 Å². The Morgan fingerprint density at radius 2 is 1.95 bits per heavy atom. The minimum atomic E-state index is 0.160. The van der Waals surface area contributed by atoms with Crippen LogP contribution in [0.1, 0.15) is 12.8 Å². The van der Waals surface area contributed by atoms with Crippen molar-refractivity contribution in [2.24, 2.45) is 0 Å². The molecule has 0 bridgehead atoms. The number of hydrogen-bond donors (Lipinski definition) is 1. The zero-order valence-electron chi connectivity index (χ0n) is 10.8. The van der Waals surface area contributed by atoms with E-state index in [9.17, 15) is 4.79 Å². The largest absolute Gasteiger partial charge is 0.361 e. The number of aromatic nitrogens is 1. The fourth-order valence-electron chi connectivity index (χ4n) is 2.41. The summed E-state index contributed by atoms with van der Waals surface area (Å²) in [7, 11) is 0. The number of rotatable bonds is 3. The second-order valence-electron chi connectivity index (χ2n) is 4.83. The fraction of sp³-hybridized carbons (Fsp3) is 0.333. The Morgan fingerprint density at radius 1 is 1.16 bits per heavy atom. The molecule has 4 nitrogen and oxygen atoms in total. The normalized spacial score (nSPS) is 14.8. The molecule has 3 rings (SSSR count). The Morgan fingerprint density at radius 3 is 2.79 bits per heavy atom. The number of amides is 1. The van der Waals surface area contributed by atoms with Gasteiger partial charge in [-0.3, -0.25) is 4.79 Å². The molecule has 0 saturated carbocycles. The standard InChI is InChI=1S/C15H17N3O/c19-15(18-9-3-4-10-18)11-16-14-8-7-12-5-1-2-6-13(12)17-14/h1-2,5-8H,3-4,9-11H2,(H,16,17). The maximum Gasteiger partial charge on any atom is 0.241 e. The number of likely N-dealkylation sites (tertiary alicyclic amines) is 1. The topological polar surface area (TPSA) is 45.2 Å². The number of pyridine rings is 1. The third-order valence-corrected chi connectivity index (χ3v) is 3.48. The van der Waals surface area contributed by atoms with Crippen LogP contribution in [0.15, 0.2) is 36.4 Å². The van der Waals surface area contributed by atoms with Gasteiger partial charge in [0.2, 0.25) is 5.91 Å². The summed E-state index contributed by atoms with van der Waals surface area (Å²) in [5.41, 5.74) is 0.945. The first-order chi connectivity index (χ1) is 9.33. The molecular formula is C15H17N3O. The maximum atomic E-state index is 11.9. The highest BCUT2D eigenvalue weighted by molar-refractivity contribution is 5.83. The number of benzene rings is 1. The molecule has 2 heterocycles. The molecule has 1 aromatic heterocycles. The fourth-order valence-corrected chi connectivity index (χ4v) is 2.41. The van der Waals surface area contributed by atoms with Gasteiger partial charge in [0.15, 0.2) is 0 Å². The van der Waals surface area contributed by atoms with Gasteiger partial charge >= 0.3 is 0 Å². The molecule has 0 radical (unpaired) electrons. The molecule has 1 aromatic carbocycles. The molecule has 1 N–H and O–H groups in total. The molecule has 0 unspecified atom stereocenters. The van der Waals surface area contributed by atoms with Crippen molar-refractivity contribution >= 4 is 22.6 Å². The molecule has 1 aliphatic rings. The lowest BCUT2D eigenvalue weighted by molar-refractivity contribution is -0.128. The van der Waals surface area contributed by atoms with E-state index in [1.165, 1.54) is 0 Å². The molecule has 2 aromatic rings. The Labute approximate surface area is 112 Å². The number of nitrogens with zero attached hydrogens (tertiary/aromatic N) is 2. The van der Waals surface area contributed by atoms with Gasteiger partial charge < -0.3 is 10.2 Å². The number of para-hydroxylation sites is 1. The summed E-state index contributed by atoms with van der Waals surface area (Å²) >= 11 is 0. The van der Waals surface area contributed by atoms with Crippen molar-refractivity contribution in [3.05, 3.63) is 36.4 Å². The number of carbonyl (C=O) groups excluding carboxylic acids is 1. The van der Waals surface area contributed by atoms with Crippen LogP contribution in [0.4, 0.5) is 5.82 Å². The van der Waals surface area contributed by atoms with Gasteiger partial charge in [-0.1, -0.05) is 18.2 Å². The van der Waals surface area contributed by atoms with Crippen molar-refractivity contribution in [1.82, 2.24) is 9.88 Å². The number of nitrogens with one attached hydrogen (secondary N) is 1. The van der Waals surface area contributed by atoms with Crippen LogP contribution in [0.2, 0.25) is 0 Å². The van der Waals surface area contributed by atoms with Crippen molar-refractivity contribution in [2.75, 3.05) is 25.0 Å². The van der Waals surface area contributed by atoms with Crippen LogP contribution in [0.3, 0.4) is 0 Å². The van der Waals surface area contributed by atoms with E-state index >= 15 is 0 Å². The SMILES string of the molecule is O=C(CNc1ccc2ccccc2n1)N1CCCC1. The summed E-state index contributed by atoms with van der Waals surface area (Å²) in [6, 6.07) is 11.9. The highest BCUT2D eigenvalue weighted by Crippen LogP contribution is 2.14. The van der Waals surface area contributed by atoms with Gasteiger partial charge in [-0.15, -0.1) is 0 Å². The van der Waals surface area contributed by atoms with Crippen LogP contribution in [0, 0.1) is 0 Å². The van der Waals surface area contributed by atoms with Crippen LogP contribution in [0.5, 0.6) is 0 Å². The molecule has 1 amide bonds. The predicted octanol–water partition coefficient (Wildman–Crippen LogP) is 2.27. The van der Waals surface area contributed by atoms with E-state index < -0.39 is 0 Å². The third kappa shape index (κ3) is 2.67. The Kier molecular flexibility index (Phi) is 3.31. The molecule has 1 fully saturated rings. The molecule has 4 heteroatoms. The number of hydrogen-bond acceptors (Lipinski definition) is 3. The molecule has 0 atom stereocenters. The lowest BCUT2D eigenvalue weighted by Crippen LogP contribution is -2.33. The van der Waals surface area contributed by atoms with Crippen LogP contribution < -0.4 is 5.32 Å². The molecule has 0 spiro atoms. The highest BCUT2D eigenvalue weighted by atomic mass is 16.2. The summed E-state index contributed by atoms with van der Waals surface area (Å²) in [6.45, 7) is 2.11. The average Bonchev–Trinajstić information content (AvgIpc) is 2.99. The van der Waals surface area contributed by atoms with E-state index in [2.05, 4.69) is 10.3 Å². The van der Waals surface area contributed by atoms with Crippen LogP contribution in [-0.4, -0.2) is 35.4 Å². The average molecular weight is 255 g/mol. The van der Waals surface area contributed by atoms with E-state index in [0.29, 0.717) is 6.54 Å². The molecule has 1 aliphatic heterocycles. The highest BCUT2D eigenvalue weighted by Gasteiger charge is 2.17. The second kappa shape index (κ2) is 5.26. The first-order valence-electron chi connectivity index (χ1n) is 6.70. The van der Waals surface area contributed by atoms with E-state index in [1.807, 2.05) is 41.3 Å². The molecule has 19 heavy (non-hydrogen) atoms. The maximum absolute atomic E-state index is 11.9. The smallest absolute Gasteiger partial charge is 0.241 e. The Balaban J connectivity index is 1.66. The minimum absolute atomic E-state index is 0.160. The summed E-state index contributed by atoms with van der Waals surface area (Å²) < 4.78 is 0. The van der Waals surface area contributed by atoms with Crippen molar-refractivity contribution in [3.63, 3.8) is 0 Å². The van der Waals surface area contributed by atoms with Crippen LogP contribution >= 0.6 is 0 Å². The van der Waals surface area contributed by atoms with Gasteiger partial charge in [0, 0.05) is 18.5 Å². The lowest BCUT2D eigenvalue weighted by atomic mass is 10.2. The molecular weight excluding hydrogens is 238 g/mol. The molecule has 1 saturated heterocycles. The number of fused-ring (bicyclic) bond motifs is 1. The van der Waals surface area contributed by atoms with E-state index in [4.69, 9.17) is 0 Å². The Bertz CT molecular complexity index is 591. The van der Waals surface area contributed by atoms with Gasteiger partial charge in [0.05, 0.1) is 12.1 Å².